The van der Waals surface area contributed by atoms with Gasteiger partial charge in [0, 0.05) is 41.9 Å². The van der Waals surface area contributed by atoms with Crippen LogP contribution < -0.4 is 0 Å². The second-order valence-corrected chi connectivity index (χ2v) is 6.05. The van der Waals surface area contributed by atoms with E-state index in [-0.39, 0.29) is 12.5 Å². The lowest BCUT2D eigenvalue weighted by molar-refractivity contribution is 0.0785. The summed E-state index contributed by atoms with van der Waals surface area (Å²) in [5, 5.41) is 10.1. The van der Waals surface area contributed by atoms with Gasteiger partial charge in [-0.15, -0.1) is 0 Å². The maximum atomic E-state index is 12.6. The zero-order chi connectivity index (χ0) is 15.0. The van der Waals surface area contributed by atoms with Crippen molar-refractivity contribution in [2.24, 2.45) is 5.92 Å². The molecular formula is C17H22N2O2. The van der Waals surface area contributed by atoms with E-state index in [2.05, 4.69) is 18.8 Å². The molecule has 1 saturated heterocycles. The normalized spacial score (nSPS) is 18.6. The minimum absolute atomic E-state index is 0.107. The molecule has 0 saturated carbocycles. The number of aromatic amines is 1. The van der Waals surface area contributed by atoms with Gasteiger partial charge in [-0.3, -0.25) is 4.79 Å². The summed E-state index contributed by atoms with van der Waals surface area (Å²) in [5.41, 5.74) is 4.20. The highest BCUT2D eigenvalue weighted by Crippen LogP contribution is 2.25. The molecule has 112 valence electrons. The van der Waals surface area contributed by atoms with E-state index in [0.717, 1.165) is 48.1 Å². The number of fused-ring (bicyclic) bond motifs is 1. The van der Waals surface area contributed by atoms with Gasteiger partial charge in [-0.05, 0) is 56.4 Å². The fourth-order valence-corrected chi connectivity index (χ4v) is 3.21. The van der Waals surface area contributed by atoms with Crippen molar-refractivity contribution in [1.29, 1.82) is 0 Å². The lowest BCUT2D eigenvalue weighted by Gasteiger charge is -2.16. The number of rotatable bonds is 3. The first-order chi connectivity index (χ1) is 10.1. The number of hydrogen-bond donors (Lipinski definition) is 2. The van der Waals surface area contributed by atoms with E-state index in [9.17, 15) is 4.79 Å². The van der Waals surface area contributed by atoms with Gasteiger partial charge in [0.05, 0.1) is 0 Å². The van der Waals surface area contributed by atoms with Crippen LogP contribution in [0.3, 0.4) is 0 Å². The van der Waals surface area contributed by atoms with E-state index in [1.165, 1.54) is 5.56 Å². The molecule has 0 aliphatic carbocycles. The summed E-state index contributed by atoms with van der Waals surface area (Å²) >= 11 is 0. The van der Waals surface area contributed by atoms with Crippen LogP contribution in [0.2, 0.25) is 0 Å². The number of aliphatic hydroxyl groups excluding tert-OH is 1. The molecule has 2 N–H and O–H groups in total. The minimum atomic E-state index is 0.107. The molecule has 0 spiro atoms. The van der Waals surface area contributed by atoms with E-state index >= 15 is 0 Å². The van der Waals surface area contributed by atoms with Gasteiger partial charge < -0.3 is 15.0 Å². The fraction of sp³-hybridized carbons (Fsp3) is 0.471. The molecule has 0 radical (unpaired) electrons. The molecule has 1 aliphatic rings. The molecule has 0 bridgehead atoms. The Labute approximate surface area is 124 Å². The van der Waals surface area contributed by atoms with Gasteiger partial charge >= 0.3 is 0 Å². The van der Waals surface area contributed by atoms with Crippen molar-refractivity contribution in [3.8, 4) is 0 Å². The second kappa shape index (κ2) is 5.53. The third-order valence-electron chi connectivity index (χ3n) is 4.67. The Morgan fingerprint density at radius 1 is 1.43 bits per heavy atom. The van der Waals surface area contributed by atoms with Crippen molar-refractivity contribution >= 4 is 16.8 Å². The van der Waals surface area contributed by atoms with Gasteiger partial charge in [-0.2, -0.15) is 0 Å². The average molecular weight is 286 g/mol. The van der Waals surface area contributed by atoms with Crippen LogP contribution >= 0.6 is 0 Å². The largest absolute Gasteiger partial charge is 0.396 e. The van der Waals surface area contributed by atoms with Crippen molar-refractivity contribution in [3.05, 3.63) is 35.0 Å². The van der Waals surface area contributed by atoms with Gasteiger partial charge in [0.2, 0.25) is 0 Å². The Morgan fingerprint density at radius 2 is 2.24 bits per heavy atom. The number of aryl methyl sites for hydroxylation is 2. The summed E-state index contributed by atoms with van der Waals surface area (Å²) in [5.74, 6) is 0.550. The van der Waals surface area contributed by atoms with E-state index in [0.29, 0.717) is 5.92 Å². The standard InChI is InChI=1S/C17H22N2O2/c1-11-12(2)18-16-4-3-14(9-15(11)16)17(21)19-7-5-13(10-19)6-8-20/h3-4,9,13,18,20H,5-8,10H2,1-2H3. The topological polar surface area (TPSA) is 56.3 Å². The highest BCUT2D eigenvalue weighted by molar-refractivity contribution is 5.99. The molecule has 2 heterocycles. The van der Waals surface area contributed by atoms with Crippen LogP contribution in [-0.4, -0.2) is 40.6 Å². The molecule has 4 heteroatoms. The Kier molecular flexibility index (Phi) is 3.72. The lowest BCUT2D eigenvalue weighted by atomic mass is 10.1. The van der Waals surface area contributed by atoms with Crippen molar-refractivity contribution < 1.29 is 9.90 Å². The predicted molar refractivity (Wildman–Crippen MR) is 83.5 cm³/mol. The van der Waals surface area contributed by atoms with Gasteiger partial charge in [0.25, 0.3) is 5.91 Å². The molecule has 1 unspecified atom stereocenters. The number of likely N-dealkylation sites (tertiary alicyclic amines) is 1. The number of amides is 1. The Bertz CT molecular complexity index is 675. The van der Waals surface area contributed by atoms with Crippen molar-refractivity contribution in [3.63, 3.8) is 0 Å². The summed E-state index contributed by atoms with van der Waals surface area (Å²) in [7, 11) is 0. The Balaban J connectivity index is 1.83. The van der Waals surface area contributed by atoms with Crippen LogP contribution in [0.5, 0.6) is 0 Å². The SMILES string of the molecule is Cc1[nH]c2ccc(C(=O)N3CCC(CCO)C3)cc2c1C. The summed E-state index contributed by atoms with van der Waals surface area (Å²) in [6.07, 6.45) is 1.79. The van der Waals surface area contributed by atoms with Crippen molar-refractivity contribution in [2.75, 3.05) is 19.7 Å². The Hall–Kier alpha value is -1.81. The Morgan fingerprint density at radius 3 is 3.00 bits per heavy atom. The number of benzene rings is 1. The van der Waals surface area contributed by atoms with Crippen LogP contribution in [0.15, 0.2) is 18.2 Å². The van der Waals surface area contributed by atoms with Crippen molar-refractivity contribution in [2.45, 2.75) is 26.7 Å². The molecule has 1 fully saturated rings. The van der Waals surface area contributed by atoms with Gasteiger partial charge in [0.1, 0.15) is 0 Å². The van der Waals surface area contributed by atoms with E-state index in [4.69, 9.17) is 5.11 Å². The third kappa shape index (κ3) is 2.56. The van der Waals surface area contributed by atoms with Gasteiger partial charge in [-0.25, -0.2) is 0 Å². The molecule has 3 rings (SSSR count). The number of hydrogen-bond acceptors (Lipinski definition) is 2. The van der Waals surface area contributed by atoms with E-state index in [1.807, 2.05) is 23.1 Å². The van der Waals surface area contributed by atoms with Crippen LogP contribution in [0.1, 0.15) is 34.5 Å². The molecule has 1 atom stereocenters. The molecule has 1 amide bonds. The first kappa shape index (κ1) is 14.1. The molecule has 1 aromatic heterocycles. The number of carbonyl (C=O) groups is 1. The summed E-state index contributed by atoms with van der Waals surface area (Å²) < 4.78 is 0. The van der Waals surface area contributed by atoms with E-state index < -0.39 is 0 Å². The number of aliphatic hydroxyl groups is 1. The zero-order valence-corrected chi connectivity index (χ0v) is 12.6. The highest BCUT2D eigenvalue weighted by Gasteiger charge is 2.26. The quantitative estimate of drug-likeness (QED) is 0.911. The first-order valence-electron chi connectivity index (χ1n) is 7.59. The van der Waals surface area contributed by atoms with Crippen LogP contribution in [0.25, 0.3) is 10.9 Å². The predicted octanol–water partition coefficient (Wildman–Crippen LogP) is 2.63. The maximum absolute atomic E-state index is 12.6. The van der Waals surface area contributed by atoms with Gasteiger partial charge in [0.15, 0.2) is 0 Å². The summed E-state index contributed by atoms with van der Waals surface area (Å²) in [4.78, 5) is 17.9. The molecule has 4 nitrogen and oxygen atoms in total. The minimum Gasteiger partial charge on any atom is -0.396 e. The van der Waals surface area contributed by atoms with Crippen LogP contribution in [-0.2, 0) is 0 Å². The molecule has 1 aromatic carbocycles. The molecular weight excluding hydrogens is 264 g/mol. The number of nitrogens with zero attached hydrogens (tertiary/aromatic N) is 1. The fourth-order valence-electron chi connectivity index (χ4n) is 3.21. The number of carbonyl (C=O) groups excluding carboxylic acids is 1. The summed E-state index contributed by atoms with van der Waals surface area (Å²) in [6.45, 7) is 5.90. The van der Waals surface area contributed by atoms with Crippen LogP contribution in [0.4, 0.5) is 0 Å². The third-order valence-corrected chi connectivity index (χ3v) is 4.67. The maximum Gasteiger partial charge on any atom is 0.253 e. The monoisotopic (exact) mass is 286 g/mol. The summed E-state index contributed by atoms with van der Waals surface area (Å²) in [6, 6.07) is 5.89. The van der Waals surface area contributed by atoms with Crippen LogP contribution in [0, 0.1) is 19.8 Å². The molecule has 1 aliphatic heterocycles. The second-order valence-electron chi connectivity index (χ2n) is 6.05. The number of nitrogens with one attached hydrogen (secondary N) is 1. The lowest BCUT2D eigenvalue weighted by Crippen LogP contribution is -2.28. The van der Waals surface area contributed by atoms with Gasteiger partial charge in [-0.1, -0.05) is 0 Å². The average Bonchev–Trinajstić information content (AvgIpc) is 3.05. The first-order valence-corrected chi connectivity index (χ1v) is 7.59. The highest BCUT2D eigenvalue weighted by atomic mass is 16.3. The molecule has 2 aromatic rings. The zero-order valence-electron chi connectivity index (χ0n) is 12.6. The number of aromatic nitrogens is 1. The van der Waals surface area contributed by atoms with Crippen molar-refractivity contribution in [1.82, 2.24) is 9.88 Å². The van der Waals surface area contributed by atoms with E-state index in [1.54, 1.807) is 0 Å². The smallest absolute Gasteiger partial charge is 0.253 e. The number of H-pyrrole nitrogens is 1. The molecule has 21 heavy (non-hydrogen) atoms.